The highest BCUT2D eigenvalue weighted by molar-refractivity contribution is 5.77. The molecule has 0 rings (SSSR count). The molecule has 2 heteroatoms. The van der Waals surface area contributed by atoms with Crippen LogP contribution in [0.4, 0.5) is 0 Å². The predicted molar refractivity (Wildman–Crippen MR) is 32.1 cm³/mol. The van der Waals surface area contributed by atoms with Crippen molar-refractivity contribution >= 4 is 5.71 Å². The molecule has 0 unspecified atom stereocenters. The van der Waals surface area contributed by atoms with Crippen molar-refractivity contribution in [2.75, 3.05) is 0 Å². The lowest BCUT2D eigenvalue weighted by molar-refractivity contribution is -0.118. The monoisotopic (exact) mass is 179 g/mol. The summed E-state index contributed by atoms with van der Waals surface area (Å²) in [5, 5.41) is 5.50. The Hall–Kier alpha value is 0.150. The molecule has 50 valence electrons. The average molecular weight is 180 g/mol. The van der Waals surface area contributed by atoms with E-state index in [9.17, 15) is 0 Å². The smallest absolute Gasteiger partial charge is 0.148 e. The van der Waals surface area contributed by atoms with E-state index in [1.165, 1.54) is 6.42 Å². The molecule has 0 saturated carbocycles. The average Bonchev–Trinajstić information content (AvgIpc) is 1.68. The second-order valence-corrected chi connectivity index (χ2v) is 1.76. The van der Waals surface area contributed by atoms with Gasteiger partial charge in [-0.1, -0.05) is 13.8 Å². The number of nitrogens with two attached hydrogens (primary N) is 1. The predicted octanol–water partition coefficient (Wildman–Crippen LogP) is -2.60. The van der Waals surface area contributed by atoms with E-state index in [1.54, 1.807) is 0 Å². The molecule has 0 bridgehead atoms. The second kappa shape index (κ2) is 7.15. The van der Waals surface area contributed by atoms with Crippen molar-refractivity contribution in [2.24, 2.45) is 0 Å². The lowest BCUT2D eigenvalue weighted by Crippen LogP contribution is -3.00. The van der Waals surface area contributed by atoms with Crippen LogP contribution in [0.1, 0.15) is 33.1 Å². The van der Waals surface area contributed by atoms with Crippen LogP contribution in [0.5, 0.6) is 0 Å². The first-order valence-electron chi connectivity index (χ1n) is 2.91. The maximum absolute atomic E-state index is 5.50. The van der Waals surface area contributed by atoms with E-state index < -0.39 is 0 Å². The van der Waals surface area contributed by atoms with Gasteiger partial charge in [-0.25, -0.2) is 0 Å². The van der Waals surface area contributed by atoms with E-state index in [2.05, 4.69) is 13.8 Å². The highest BCUT2D eigenvalue weighted by atomic mass is 79.9. The zero-order valence-corrected chi connectivity index (χ0v) is 7.16. The van der Waals surface area contributed by atoms with Crippen molar-refractivity contribution in [3.63, 3.8) is 0 Å². The van der Waals surface area contributed by atoms with Crippen molar-refractivity contribution in [3.8, 4) is 0 Å². The Morgan fingerprint density at radius 3 is 2.00 bits per heavy atom. The lowest BCUT2D eigenvalue weighted by atomic mass is 10.2. The van der Waals surface area contributed by atoms with Gasteiger partial charge in [0.25, 0.3) is 0 Å². The SMILES string of the molecule is CCCC(=[NH2+])CC.[Br-]. The molecule has 0 radical (unpaired) electrons. The van der Waals surface area contributed by atoms with Crippen LogP contribution in [0.3, 0.4) is 0 Å². The maximum Gasteiger partial charge on any atom is 0.148 e. The lowest BCUT2D eigenvalue weighted by Gasteiger charge is -1.85. The van der Waals surface area contributed by atoms with Crippen LogP contribution in [0.2, 0.25) is 0 Å². The first-order chi connectivity index (χ1) is 3.31. The summed E-state index contributed by atoms with van der Waals surface area (Å²) < 4.78 is 0. The van der Waals surface area contributed by atoms with E-state index in [0.29, 0.717) is 0 Å². The van der Waals surface area contributed by atoms with Gasteiger partial charge < -0.3 is 17.0 Å². The zero-order valence-electron chi connectivity index (χ0n) is 5.58. The van der Waals surface area contributed by atoms with E-state index in [-0.39, 0.29) is 17.0 Å². The summed E-state index contributed by atoms with van der Waals surface area (Å²) in [6.45, 7) is 4.23. The van der Waals surface area contributed by atoms with Gasteiger partial charge >= 0.3 is 0 Å². The van der Waals surface area contributed by atoms with Gasteiger partial charge in [0.15, 0.2) is 0 Å². The summed E-state index contributed by atoms with van der Waals surface area (Å²) in [6, 6.07) is 0. The van der Waals surface area contributed by atoms with Crippen LogP contribution in [-0.2, 0) is 0 Å². The molecule has 0 aromatic rings. The molecule has 0 atom stereocenters. The summed E-state index contributed by atoms with van der Waals surface area (Å²) in [5.74, 6) is 0. The maximum atomic E-state index is 5.50. The molecule has 0 fully saturated rings. The molecule has 0 aliphatic rings. The highest BCUT2D eigenvalue weighted by Crippen LogP contribution is 1.88. The van der Waals surface area contributed by atoms with Crippen LogP contribution in [0, 0.1) is 0 Å². The topological polar surface area (TPSA) is 25.6 Å². The summed E-state index contributed by atoms with van der Waals surface area (Å²) in [5.41, 5.74) is 1.13. The standard InChI is InChI=1S/C6H13N.BrH/c1-3-5-6(7)4-2;/h7H,3-5H2,1-2H3;1H. The molecule has 2 N–H and O–H groups in total. The third-order valence-corrected chi connectivity index (χ3v) is 1.03. The van der Waals surface area contributed by atoms with E-state index >= 15 is 0 Å². The molecule has 0 heterocycles. The van der Waals surface area contributed by atoms with Crippen molar-refractivity contribution in [2.45, 2.75) is 33.1 Å². The Kier molecular flexibility index (Phi) is 9.85. The van der Waals surface area contributed by atoms with E-state index in [4.69, 9.17) is 5.41 Å². The van der Waals surface area contributed by atoms with E-state index in [0.717, 1.165) is 18.6 Å². The number of hydrogen-bond acceptors (Lipinski definition) is 0. The molecule has 0 aliphatic heterocycles. The van der Waals surface area contributed by atoms with Gasteiger partial charge in [0.1, 0.15) is 5.71 Å². The number of rotatable bonds is 3. The zero-order chi connectivity index (χ0) is 5.70. The normalized spacial score (nSPS) is 7.75. The van der Waals surface area contributed by atoms with Gasteiger partial charge in [-0.15, -0.1) is 0 Å². The molecule has 0 aromatic heterocycles. The van der Waals surface area contributed by atoms with E-state index in [1.807, 2.05) is 0 Å². The quantitative estimate of drug-likeness (QED) is 0.461. The third kappa shape index (κ3) is 6.15. The van der Waals surface area contributed by atoms with Gasteiger partial charge in [0.05, 0.1) is 0 Å². The van der Waals surface area contributed by atoms with Crippen LogP contribution in [-0.4, -0.2) is 5.71 Å². The minimum atomic E-state index is 0. The summed E-state index contributed by atoms with van der Waals surface area (Å²) >= 11 is 0. The third-order valence-electron chi connectivity index (χ3n) is 1.03. The van der Waals surface area contributed by atoms with Crippen molar-refractivity contribution in [1.29, 1.82) is 0 Å². The van der Waals surface area contributed by atoms with Crippen molar-refractivity contribution in [1.82, 2.24) is 0 Å². The molecule has 1 nitrogen and oxygen atoms in total. The van der Waals surface area contributed by atoms with Gasteiger partial charge in [0.2, 0.25) is 0 Å². The van der Waals surface area contributed by atoms with Gasteiger partial charge in [-0.2, -0.15) is 0 Å². The van der Waals surface area contributed by atoms with Crippen LogP contribution < -0.4 is 22.4 Å². The van der Waals surface area contributed by atoms with Crippen molar-refractivity contribution < 1.29 is 22.4 Å². The number of halogens is 1. The molecule has 8 heavy (non-hydrogen) atoms. The second-order valence-electron chi connectivity index (χ2n) is 1.76. The molecule has 0 amide bonds. The summed E-state index contributed by atoms with van der Waals surface area (Å²) in [7, 11) is 0. The molecule has 0 spiro atoms. The Morgan fingerprint density at radius 1 is 1.38 bits per heavy atom. The Balaban J connectivity index is 0. The van der Waals surface area contributed by atoms with Crippen LogP contribution >= 0.6 is 0 Å². The fourth-order valence-corrected chi connectivity index (χ4v) is 0.498. The number of hydrogen-bond donors (Lipinski definition) is 1. The first kappa shape index (κ1) is 11.0. The summed E-state index contributed by atoms with van der Waals surface area (Å²) in [6.07, 6.45) is 3.31. The molecular formula is C6H14BrN. The Bertz CT molecular complexity index is 61.5. The van der Waals surface area contributed by atoms with Crippen molar-refractivity contribution in [3.05, 3.63) is 0 Å². The van der Waals surface area contributed by atoms with Gasteiger partial charge in [-0.05, 0) is 6.42 Å². The molecule has 0 aromatic carbocycles. The fourth-order valence-electron chi connectivity index (χ4n) is 0.498. The minimum Gasteiger partial charge on any atom is -1.00 e. The van der Waals surface area contributed by atoms with Crippen LogP contribution in [0.15, 0.2) is 0 Å². The highest BCUT2D eigenvalue weighted by Gasteiger charge is 1.92. The Labute approximate surface area is 61.8 Å². The largest absolute Gasteiger partial charge is 1.00 e. The first-order valence-corrected chi connectivity index (χ1v) is 2.91. The summed E-state index contributed by atoms with van der Waals surface area (Å²) in [4.78, 5) is 0. The Morgan fingerprint density at radius 2 is 1.88 bits per heavy atom. The fraction of sp³-hybridized carbons (Fsp3) is 0.833. The molecule has 0 aliphatic carbocycles. The van der Waals surface area contributed by atoms with Gasteiger partial charge in [0, 0.05) is 12.8 Å². The molecule has 0 saturated heterocycles. The molecular weight excluding hydrogens is 166 g/mol. The minimum absolute atomic E-state index is 0. The van der Waals surface area contributed by atoms with Crippen LogP contribution in [0.25, 0.3) is 0 Å². The van der Waals surface area contributed by atoms with Gasteiger partial charge in [-0.3, -0.25) is 5.41 Å².